The highest BCUT2D eigenvalue weighted by molar-refractivity contribution is 6.31. The lowest BCUT2D eigenvalue weighted by Crippen LogP contribution is -2.21. The van der Waals surface area contributed by atoms with Gasteiger partial charge in [0.05, 0.1) is 18.7 Å². The standard InChI is InChI=1S/C17H20ClNO3/c1-21-14-7-6-13(18)15(16(14)22-10-12-4-5-12)17(19-11-20)8-2-3-9-17/h6-7,12H,2-5,8-10H2,1H3. The molecule has 22 heavy (non-hydrogen) atoms. The number of methoxy groups -OCH3 is 1. The van der Waals surface area contributed by atoms with Crippen molar-refractivity contribution in [2.75, 3.05) is 13.7 Å². The molecule has 0 amide bonds. The highest BCUT2D eigenvalue weighted by Crippen LogP contribution is 2.51. The van der Waals surface area contributed by atoms with Gasteiger partial charge >= 0.3 is 0 Å². The van der Waals surface area contributed by atoms with Gasteiger partial charge in [0.15, 0.2) is 11.5 Å². The van der Waals surface area contributed by atoms with Gasteiger partial charge in [-0.2, -0.15) is 4.99 Å². The predicted octanol–water partition coefficient (Wildman–Crippen LogP) is 4.24. The van der Waals surface area contributed by atoms with Gasteiger partial charge in [-0.05, 0) is 43.7 Å². The van der Waals surface area contributed by atoms with Crippen molar-refractivity contribution in [3.63, 3.8) is 0 Å². The Bertz CT molecular complexity index is 600. The summed E-state index contributed by atoms with van der Waals surface area (Å²) in [5.41, 5.74) is 0.168. The molecule has 118 valence electrons. The molecule has 0 unspecified atom stereocenters. The third kappa shape index (κ3) is 2.86. The van der Waals surface area contributed by atoms with Crippen molar-refractivity contribution in [1.82, 2.24) is 0 Å². The summed E-state index contributed by atoms with van der Waals surface area (Å²) in [4.78, 5) is 15.1. The Hall–Kier alpha value is -1.51. The summed E-state index contributed by atoms with van der Waals surface area (Å²) in [5.74, 6) is 1.90. The van der Waals surface area contributed by atoms with Crippen LogP contribution in [-0.2, 0) is 10.3 Å². The van der Waals surface area contributed by atoms with Gasteiger partial charge < -0.3 is 9.47 Å². The number of rotatable bonds is 6. The van der Waals surface area contributed by atoms with Crippen molar-refractivity contribution >= 4 is 17.7 Å². The molecule has 1 aromatic carbocycles. The third-order valence-corrected chi connectivity index (χ3v) is 4.92. The minimum atomic E-state index is -0.619. The van der Waals surface area contributed by atoms with Gasteiger partial charge in [0.25, 0.3) is 0 Å². The minimum Gasteiger partial charge on any atom is -0.493 e. The molecule has 5 heteroatoms. The van der Waals surface area contributed by atoms with Crippen LogP contribution in [0.4, 0.5) is 0 Å². The van der Waals surface area contributed by atoms with Crippen LogP contribution in [0.2, 0.25) is 5.02 Å². The molecule has 1 aromatic rings. The second-order valence-electron chi connectivity index (χ2n) is 6.15. The van der Waals surface area contributed by atoms with Crippen LogP contribution in [-0.4, -0.2) is 19.8 Å². The molecule has 2 saturated carbocycles. The average molecular weight is 322 g/mol. The van der Waals surface area contributed by atoms with Crippen LogP contribution >= 0.6 is 11.6 Å². The van der Waals surface area contributed by atoms with Crippen molar-refractivity contribution in [1.29, 1.82) is 0 Å². The number of ether oxygens (including phenoxy) is 2. The Morgan fingerprint density at radius 1 is 1.36 bits per heavy atom. The van der Waals surface area contributed by atoms with E-state index in [0.29, 0.717) is 29.0 Å². The monoisotopic (exact) mass is 321 g/mol. The molecule has 0 atom stereocenters. The van der Waals surface area contributed by atoms with Crippen LogP contribution in [0.1, 0.15) is 44.1 Å². The van der Waals surface area contributed by atoms with Crippen molar-refractivity contribution in [3.05, 3.63) is 22.7 Å². The Balaban J connectivity index is 2.08. The minimum absolute atomic E-state index is 0.576. The normalized spacial score (nSPS) is 19.5. The van der Waals surface area contributed by atoms with Crippen LogP contribution in [0.3, 0.4) is 0 Å². The van der Waals surface area contributed by atoms with Crippen LogP contribution < -0.4 is 9.47 Å². The van der Waals surface area contributed by atoms with Crippen LogP contribution in [0.25, 0.3) is 0 Å². The smallest absolute Gasteiger partial charge is 0.235 e. The molecule has 4 nitrogen and oxygen atoms in total. The quantitative estimate of drug-likeness (QED) is 0.581. The first-order chi connectivity index (χ1) is 10.7. The van der Waals surface area contributed by atoms with E-state index in [1.165, 1.54) is 12.8 Å². The lowest BCUT2D eigenvalue weighted by Gasteiger charge is -2.27. The molecular weight excluding hydrogens is 302 g/mol. The number of halogens is 1. The summed E-state index contributed by atoms with van der Waals surface area (Å²) in [6.07, 6.45) is 7.75. The van der Waals surface area contributed by atoms with Crippen molar-refractivity contribution < 1.29 is 14.3 Å². The number of nitrogens with zero attached hydrogens (tertiary/aromatic N) is 1. The molecule has 0 aliphatic heterocycles. The molecule has 0 heterocycles. The molecule has 0 saturated heterocycles. The Labute approximate surface area is 135 Å². The summed E-state index contributed by atoms with van der Waals surface area (Å²) in [7, 11) is 1.61. The van der Waals surface area contributed by atoms with E-state index >= 15 is 0 Å². The van der Waals surface area contributed by atoms with E-state index in [0.717, 1.165) is 31.2 Å². The van der Waals surface area contributed by atoms with Crippen LogP contribution in [0.15, 0.2) is 17.1 Å². The van der Waals surface area contributed by atoms with E-state index in [1.807, 2.05) is 0 Å². The van der Waals surface area contributed by atoms with Gasteiger partial charge in [-0.3, -0.25) is 0 Å². The molecule has 2 aliphatic rings. The number of aliphatic imine (C=N–C) groups is 1. The van der Waals surface area contributed by atoms with Crippen LogP contribution in [0, 0.1) is 5.92 Å². The summed E-state index contributed by atoms with van der Waals surface area (Å²) >= 11 is 6.47. The van der Waals surface area contributed by atoms with E-state index in [1.54, 1.807) is 25.3 Å². The lowest BCUT2D eigenvalue weighted by molar-refractivity contribution is 0.269. The van der Waals surface area contributed by atoms with Gasteiger partial charge in [-0.1, -0.05) is 24.4 Å². The Morgan fingerprint density at radius 2 is 2.09 bits per heavy atom. The zero-order valence-electron chi connectivity index (χ0n) is 12.7. The molecule has 0 aromatic heterocycles. The molecule has 3 rings (SSSR count). The second-order valence-corrected chi connectivity index (χ2v) is 6.56. The maximum Gasteiger partial charge on any atom is 0.235 e. The second kappa shape index (κ2) is 6.31. The molecule has 0 N–H and O–H groups in total. The molecule has 0 radical (unpaired) electrons. The van der Waals surface area contributed by atoms with E-state index in [-0.39, 0.29) is 0 Å². The topological polar surface area (TPSA) is 47.9 Å². The fourth-order valence-corrected chi connectivity index (χ4v) is 3.55. The first-order valence-electron chi connectivity index (χ1n) is 7.79. The molecular formula is C17H20ClNO3. The summed E-state index contributed by atoms with van der Waals surface area (Å²) in [6.45, 7) is 0.657. The average Bonchev–Trinajstić information content (AvgIpc) is 3.23. The van der Waals surface area contributed by atoms with Crippen molar-refractivity contribution in [2.24, 2.45) is 10.9 Å². The number of hydrogen-bond acceptors (Lipinski definition) is 4. The predicted molar refractivity (Wildman–Crippen MR) is 84.5 cm³/mol. The fourth-order valence-electron chi connectivity index (χ4n) is 3.23. The molecule has 2 fully saturated rings. The largest absolute Gasteiger partial charge is 0.493 e. The van der Waals surface area contributed by atoms with E-state index in [2.05, 4.69) is 4.99 Å². The van der Waals surface area contributed by atoms with Gasteiger partial charge in [-0.15, -0.1) is 0 Å². The number of benzene rings is 1. The highest BCUT2D eigenvalue weighted by atomic mass is 35.5. The Kier molecular flexibility index (Phi) is 4.42. The van der Waals surface area contributed by atoms with Gasteiger partial charge in [0.2, 0.25) is 6.08 Å². The maximum atomic E-state index is 11.0. The van der Waals surface area contributed by atoms with Crippen LogP contribution in [0.5, 0.6) is 11.5 Å². The summed E-state index contributed by atoms with van der Waals surface area (Å²) < 4.78 is 11.5. The van der Waals surface area contributed by atoms with Crippen molar-refractivity contribution in [3.8, 4) is 11.5 Å². The number of carbonyl (C=O) groups excluding carboxylic acids is 1. The zero-order chi connectivity index (χ0) is 15.6. The zero-order valence-corrected chi connectivity index (χ0v) is 13.5. The number of isocyanates is 1. The molecule has 2 aliphatic carbocycles. The Morgan fingerprint density at radius 3 is 2.68 bits per heavy atom. The highest BCUT2D eigenvalue weighted by Gasteiger charge is 2.41. The first-order valence-corrected chi connectivity index (χ1v) is 8.17. The van der Waals surface area contributed by atoms with Crippen molar-refractivity contribution in [2.45, 2.75) is 44.1 Å². The van der Waals surface area contributed by atoms with Gasteiger partial charge in [0, 0.05) is 5.56 Å². The van der Waals surface area contributed by atoms with E-state index in [9.17, 15) is 4.79 Å². The summed E-state index contributed by atoms with van der Waals surface area (Å²) in [5, 5.41) is 0.576. The SMILES string of the molecule is COc1ccc(Cl)c(C2(N=C=O)CCCC2)c1OCC1CC1. The lowest BCUT2D eigenvalue weighted by atomic mass is 9.87. The molecule has 0 spiro atoms. The fraction of sp³-hybridized carbons (Fsp3) is 0.588. The summed E-state index contributed by atoms with van der Waals surface area (Å²) in [6, 6.07) is 3.60. The third-order valence-electron chi connectivity index (χ3n) is 4.61. The first kappa shape index (κ1) is 15.4. The van der Waals surface area contributed by atoms with E-state index < -0.39 is 5.54 Å². The van der Waals surface area contributed by atoms with E-state index in [4.69, 9.17) is 21.1 Å². The van der Waals surface area contributed by atoms with Gasteiger partial charge in [-0.25, -0.2) is 4.79 Å². The maximum absolute atomic E-state index is 11.0. The number of hydrogen-bond donors (Lipinski definition) is 0. The molecule has 0 bridgehead atoms. The van der Waals surface area contributed by atoms with Gasteiger partial charge in [0.1, 0.15) is 5.54 Å².